The molecule has 2 heterocycles. The van der Waals surface area contributed by atoms with Crippen LogP contribution in [0.4, 0.5) is 0 Å². The van der Waals surface area contributed by atoms with E-state index in [1.54, 1.807) is 0 Å². The molecule has 6 aromatic rings. The van der Waals surface area contributed by atoms with Crippen molar-refractivity contribution in [3.8, 4) is 50.6 Å². The SMILES string of the molecule is CCc1nc2cccc3c2n1-c1cc(-c2cc(-c4ccccc4)cc(-c4ccccc4)c2)ccc1O3. The molecular formula is C33H24N2O. The van der Waals surface area contributed by atoms with Gasteiger partial charge in [-0.15, -0.1) is 0 Å². The molecule has 0 radical (unpaired) electrons. The highest BCUT2D eigenvalue weighted by molar-refractivity contribution is 5.89. The van der Waals surface area contributed by atoms with E-state index >= 15 is 0 Å². The largest absolute Gasteiger partial charge is 0.453 e. The number of rotatable bonds is 4. The summed E-state index contributed by atoms with van der Waals surface area (Å²) in [5.41, 5.74) is 10.2. The number of para-hydroxylation sites is 1. The Balaban J connectivity index is 1.44. The first-order valence-corrected chi connectivity index (χ1v) is 12.4. The van der Waals surface area contributed by atoms with Crippen molar-refractivity contribution in [1.82, 2.24) is 9.55 Å². The summed E-state index contributed by atoms with van der Waals surface area (Å²) >= 11 is 0. The van der Waals surface area contributed by atoms with E-state index in [0.717, 1.165) is 46.0 Å². The summed E-state index contributed by atoms with van der Waals surface area (Å²) in [7, 11) is 0. The minimum atomic E-state index is 0.847. The maximum absolute atomic E-state index is 6.32. The summed E-state index contributed by atoms with van der Waals surface area (Å²) in [6.45, 7) is 2.15. The van der Waals surface area contributed by atoms with Gasteiger partial charge >= 0.3 is 0 Å². The third kappa shape index (κ3) is 3.32. The van der Waals surface area contributed by atoms with Gasteiger partial charge in [0.1, 0.15) is 11.3 Å². The fourth-order valence-corrected chi connectivity index (χ4v) is 5.19. The van der Waals surface area contributed by atoms with Crippen LogP contribution in [0.25, 0.3) is 50.1 Å². The first-order chi connectivity index (χ1) is 17.8. The first-order valence-electron chi connectivity index (χ1n) is 12.4. The molecule has 5 aromatic carbocycles. The molecule has 1 aliphatic heterocycles. The van der Waals surface area contributed by atoms with Crippen molar-refractivity contribution >= 4 is 11.0 Å². The molecule has 0 unspecified atom stereocenters. The molecule has 0 N–H and O–H groups in total. The van der Waals surface area contributed by atoms with E-state index in [4.69, 9.17) is 9.72 Å². The summed E-state index contributed by atoms with van der Waals surface area (Å²) in [4.78, 5) is 4.89. The van der Waals surface area contributed by atoms with Crippen molar-refractivity contribution in [2.45, 2.75) is 13.3 Å². The number of fused-ring (bicyclic) bond motifs is 2. The zero-order valence-corrected chi connectivity index (χ0v) is 20.0. The van der Waals surface area contributed by atoms with Crippen molar-refractivity contribution < 1.29 is 4.74 Å². The van der Waals surface area contributed by atoms with E-state index in [1.807, 2.05) is 12.1 Å². The highest BCUT2D eigenvalue weighted by Crippen LogP contribution is 2.43. The summed E-state index contributed by atoms with van der Waals surface area (Å²) in [5.74, 6) is 2.76. The van der Waals surface area contributed by atoms with Crippen molar-refractivity contribution in [1.29, 1.82) is 0 Å². The molecule has 0 fully saturated rings. The Kier molecular flexibility index (Phi) is 4.74. The molecule has 172 valence electrons. The number of benzene rings is 5. The van der Waals surface area contributed by atoms with E-state index in [9.17, 15) is 0 Å². The average Bonchev–Trinajstić information content (AvgIpc) is 3.34. The molecule has 0 aliphatic carbocycles. The predicted molar refractivity (Wildman–Crippen MR) is 147 cm³/mol. The van der Waals surface area contributed by atoms with Gasteiger partial charge in [0.15, 0.2) is 11.5 Å². The van der Waals surface area contributed by atoms with Crippen LogP contribution < -0.4 is 4.74 Å². The minimum Gasteiger partial charge on any atom is -0.453 e. The second-order valence-electron chi connectivity index (χ2n) is 9.16. The maximum atomic E-state index is 6.32. The molecule has 36 heavy (non-hydrogen) atoms. The van der Waals surface area contributed by atoms with Gasteiger partial charge in [-0.05, 0) is 75.8 Å². The molecule has 3 heteroatoms. The highest BCUT2D eigenvalue weighted by Gasteiger charge is 2.24. The Morgan fingerprint density at radius 2 is 1.22 bits per heavy atom. The predicted octanol–water partition coefficient (Wildman–Crippen LogP) is 8.69. The second kappa shape index (κ2) is 8.24. The summed E-state index contributed by atoms with van der Waals surface area (Å²) in [6.07, 6.45) is 0.847. The van der Waals surface area contributed by atoms with Gasteiger partial charge in [0.05, 0.1) is 11.2 Å². The molecule has 3 nitrogen and oxygen atoms in total. The molecule has 1 aromatic heterocycles. The van der Waals surface area contributed by atoms with Gasteiger partial charge in [-0.1, -0.05) is 79.7 Å². The lowest BCUT2D eigenvalue weighted by atomic mass is 9.93. The lowest BCUT2D eigenvalue weighted by molar-refractivity contribution is 0.474. The number of imidazole rings is 1. The molecule has 0 amide bonds. The quantitative estimate of drug-likeness (QED) is 0.260. The molecule has 1 aliphatic rings. The average molecular weight is 465 g/mol. The van der Waals surface area contributed by atoms with E-state index in [0.29, 0.717) is 0 Å². The van der Waals surface area contributed by atoms with Crippen LogP contribution in [0, 0.1) is 0 Å². The normalized spacial score (nSPS) is 11.8. The number of hydrogen-bond donors (Lipinski definition) is 0. The Bertz CT molecular complexity index is 1680. The van der Waals surface area contributed by atoms with E-state index < -0.39 is 0 Å². The number of hydrogen-bond acceptors (Lipinski definition) is 2. The smallest absolute Gasteiger partial charge is 0.153 e. The fourth-order valence-electron chi connectivity index (χ4n) is 5.19. The Morgan fingerprint density at radius 3 is 1.86 bits per heavy atom. The van der Waals surface area contributed by atoms with Crippen LogP contribution in [0.15, 0.2) is 115 Å². The van der Waals surface area contributed by atoms with Crippen LogP contribution in [0.5, 0.6) is 11.5 Å². The van der Waals surface area contributed by atoms with Gasteiger partial charge in [-0.25, -0.2) is 4.98 Å². The van der Waals surface area contributed by atoms with Crippen LogP contribution in [0.2, 0.25) is 0 Å². The van der Waals surface area contributed by atoms with Crippen LogP contribution >= 0.6 is 0 Å². The first kappa shape index (κ1) is 20.7. The Morgan fingerprint density at radius 1 is 0.583 bits per heavy atom. The molecule has 0 bridgehead atoms. The number of nitrogens with zero attached hydrogens (tertiary/aromatic N) is 2. The third-order valence-electron chi connectivity index (χ3n) is 6.93. The number of ether oxygens (including phenoxy) is 1. The van der Waals surface area contributed by atoms with Gasteiger partial charge in [0.25, 0.3) is 0 Å². The highest BCUT2D eigenvalue weighted by atomic mass is 16.5. The zero-order chi connectivity index (χ0) is 24.1. The van der Waals surface area contributed by atoms with Crippen molar-refractivity contribution in [3.63, 3.8) is 0 Å². The Labute approximate surface area is 210 Å². The number of aromatic nitrogens is 2. The van der Waals surface area contributed by atoms with Crippen molar-refractivity contribution in [2.75, 3.05) is 0 Å². The third-order valence-corrected chi connectivity index (χ3v) is 6.93. The number of aryl methyl sites for hydroxylation is 1. The lowest BCUT2D eigenvalue weighted by Crippen LogP contribution is -2.07. The summed E-state index contributed by atoms with van der Waals surface area (Å²) in [6, 6.07) is 40.6. The van der Waals surface area contributed by atoms with Gasteiger partial charge < -0.3 is 4.74 Å². The van der Waals surface area contributed by atoms with Crippen LogP contribution in [0.3, 0.4) is 0 Å². The Hall–Kier alpha value is -4.63. The van der Waals surface area contributed by atoms with Gasteiger partial charge in [0, 0.05) is 6.42 Å². The van der Waals surface area contributed by atoms with E-state index in [-0.39, 0.29) is 0 Å². The van der Waals surface area contributed by atoms with E-state index in [2.05, 4.69) is 115 Å². The van der Waals surface area contributed by atoms with Gasteiger partial charge in [-0.2, -0.15) is 0 Å². The maximum Gasteiger partial charge on any atom is 0.153 e. The topological polar surface area (TPSA) is 27.1 Å². The van der Waals surface area contributed by atoms with Gasteiger partial charge in [-0.3, -0.25) is 4.57 Å². The van der Waals surface area contributed by atoms with Crippen molar-refractivity contribution in [3.05, 3.63) is 121 Å². The lowest BCUT2D eigenvalue weighted by Gasteiger charge is -2.22. The molecule has 7 rings (SSSR count). The summed E-state index contributed by atoms with van der Waals surface area (Å²) < 4.78 is 8.59. The fraction of sp³-hybridized carbons (Fsp3) is 0.0606. The van der Waals surface area contributed by atoms with Gasteiger partial charge in [0.2, 0.25) is 0 Å². The zero-order valence-electron chi connectivity index (χ0n) is 20.0. The van der Waals surface area contributed by atoms with Crippen molar-refractivity contribution in [2.24, 2.45) is 0 Å². The van der Waals surface area contributed by atoms with E-state index in [1.165, 1.54) is 27.8 Å². The monoisotopic (exact) mass is 464 g/mol. The molecule has 0 atom stereocenters. The van der Waals surface area contributed by atoms with Crippen LogP contribution in [-0.2, 0) is 6.42 Å². The van der Waals surface area contributed by atoms with Crippen LogP contribution in [0.1, 0.15) is 12.7 Å². The molecular weight excluding hydrogens is 440 g/mol. The molecule has 0 saturated heterocycles. The molecule has 0 spiro atoms. The molecule has 0 saturated carbocycles. The minimum absolute atomic E-state index is 0.847. The standard InChI is InChI=1S/C33H24N2O/c1-2-32-34-28-14-9-15-31-33(28)35(32)29-21-24(16-17-30(29)36-31)27-19-25(22-10-5-3-6-11-22)18-26(20-27)23-12-7-4-8-13-23/h3-21H,2H2,1H3. The summed E-state index contributed by atoms with van der Waals surface area (Å²) in [5, 5.41) is 0. The van der Waals surface area contributed by atoms with Crippen LogP contribution in [-0.4, -0.2) is 9.55 Å². The second-order valence-corrected chi connectivity index (χ2v) is 9.16.